The SMILES string of the molecule is C=C(C)C(=O)Oc1ccc(-c2ccc(OC(=O)C(=C)C)cc2I)cc1. The van der Waals surface area contributed by atoms with E-state index in [1.54, 1.807) is 38.1 Å². The summed E-state index contributed by atoms with van der Waals surface area (Å²) in [4.78, 5) is 23.1. The Hall–Kier alpha value is -2.41. The molecule has 0 N–H and O–H groups in total. The van der Waals surface area contributed by atoms with E-state index >= 15 is 0 Å². The lowest BCUT2D eigenvalue weighted by Gasteiger charge is -2.09. The second-order valence-electron chi connectivity index (χ2n) is 5.51. The number of ether oxygens (including phenoxy) is 2. The standard InChI is InChI=1S/C20H17IO4/c1-12(2)19(22)24-15-7-5-14(6-8-15)17-10-9-16(11-18(17)21)25-20(23)13(3)4/h5-11H,1,3H2,2,4H3. The summed E-state index contributed by atoms with van der Waals surface area (Å²) in [5, 5.41) is 0. The van der Waals surface area contributed by atoms with Crippen LogP contribution < -0.4 is 9.47 Å². The van der Waals surface area contributed by atoms with Crippen LogP contribution >= 0.6 is 22.6 Å². The average molecular weight is 448 g/mol. The van der Waals surface area contributed by atoms with Gasteiger partial charge in [0, 0.05) is 14.7 Å². The van der Waals surface area contributed by atoms with Gasteiger partial charge in [-0.05, 0) is 77.9 Å². The quantitative estimate of drug-likeness (QED) is 0.282. The highest BCUT2D eigenvalue weighted by Crippen LogP contribution is 2.30. The second kappa shape index (κ2) is 8.11. The first-order valence-corrected chi connectivity index (χ1v) is 8.51. The van der Waals surface area contributed by atoms with E-state index in [1.165, 1.54) is 0 Å². The Morgan fingerprint density at radius 2 is 1.32 bits per heavy atom. The number of rotatable bonds is 5. The summed E-state index contributed by atoms with van der Waals surface area (Å²) in [6, 6.07) is 12.6. The van der Waals surface area contributed by atoms with Gasteiger partial charge in [0.1, 0.15) is 11.5 Å². The van der Waals surface area contributed by atoms with E-state index in [-0.39, 0.29) is 0 Å². The van der Waals surface area contributed by atoms with Crippen molar-refractivity contribution in [3.8, 4) is 22.6 Å². The van der Waals surface area contributed by atoms with Crippen molar-refractivity contribution in [3.05, 3.63) is 70.3 Å². The highest BCUT2D eigenvalue weighted by Gasteiger charge is 2.10. The Balaban J connectivity index is 2.18. The maximum Gasteiger partial charge on any atom is 0.338 e. The van der Waals surface area contributed by atoms with Crippen LogP contribution in [0.25, 0.3) is 11.1 Å². The van der Waals surface area contributed by atoms with Crippen LogP contribution in [-0.2, 0) is 9.59 Å². The van der Waals surface area contributed by atoms with Gasteiger partial charge in [0.05, 0.1) is 0 Å². The molecule has 0 aliphatic rings. The smallest absolute Gasteiger partial charge is 0.338 e. The fourth-order valence-corrected chi connectivity index (χ4v) is 2.68. The van der Waals surface area contributed by atoms with Gasteiger partial charge in [0.15, 0.2) is 0 Å². The fraction of sp³-hybridized carbons (Fsp3) is 0.100. The van der Waals surface area contributed by atoms with Crippen molar-refractivity contribution in [3.63, 3.8) is 0 Å². The van der Waals surface area contributed by atoms with Crippen LogP contribution in [0.15, 0.2) is 66.8 Å². The van der Waals surface area contributed by atoms with Gasteiger partial charge in [-0.2, -0.15) is 0 Å². The molecule has 2 aromatic carbocycles. The van der Waals surface area contributed by atoms with Gasteiger partial charge in [0.25, 0.3) is 0 Å². The van der Waals surface area contributed by atoms with Crippen molar-refractivity contribution in [1.29, 1.82) is 0 Å². The summed E-state index contributed by atoms with van der Waals surface area (Å²) in [6.07, 6.45) is 0. The Bertz CT molecular complexity index is 850. The molecule has 0 spiro atoms. The normalized spacial score (nSPS) is 10.0. The number of benzene rings is 2. The summed E-state index contributed by atoms with van der Waals surface area (Å²) in [5.41, 5.74) is 2.63. The van der Waals surface area contributed by atoms with Gasteiger partial charge in [-0.3, -0.25) is 0 Å². The summed E-state index contributed by atoms with van der Waals surface area (Å²) >= 11 is 2.18. The van der Waals surface area contributed by atoms with Crippen molar-refractivity contribution in [1.82, 2.24) is 0 Å². The predicted octanol–water partition coefficient (Wildman–Crippen LogP) is 4.92. The monoisotopic (exact) mass is 448 g/mol. The van der Waals surface area contributed by atoms with E-state index in [1.807, 2.05) is 18.2 Å². The van der Waals surface area contributed by atoms with Gasteiger partial charge in [-0.25, -0.2) is 9.59 Å². The zero-order valence-electron chi connectivity index (χ0n) is 14.0. The molecule has 0 bridgehead atoms. The number of hydrogen-bond acceptors (Lipinski definition) is 4. The minimum atomic E-state index is -0.453. The molecule has 0 fully saturated rings. The number of carbonyl (C=O) groups is 2. The van der Waals surface area contributed by atoms with Crippen LogP contribution in [0.2, 0.25) is 0 Å². The highest BCUT2D eigenvalue weighted by molar-refractivity contribution is 14.1. The molecule has 0 heterocycles. The molecule has 0 aliphatic heterocycles. The maximum absolute atomic E-state index is 11.6. The van der Waals surface area contributed by atoms with Crippen LogP contribution in [0.1, 0.15) is 13.8 Å². The van der Waals surface area contributed by atoms with Crippen LogP contribution in [0.5, 0.6) is 11.5 Å². The Labute approximate surface area is 160 Å². The molecule has 128 valence electrons. The van der Waals surface area contributed by atoms with Crippen molar-refractivity contribution in [2.24, 2.45) is 0 Å². The lowest BCUT2D eigenvalue weighted by Crippen LogP contribution is -2.08. The topological polar surface area (TPSA) is 52.6 Å². The zero-order valence-corrected chi connectivity index (χ0v) is 16.1. The van der Waals surface area contributed by atoms with Gasteiger partial charge < -0.3 is 9.47 Å². The fourth-order valence-electron chi connectivity index (χ4n) is 1.88. The van der Waals surface area contributed by atoms with E-state index in [4.69, 9.17) is 9.47 Å². The largest absolute Gasteiger partial charge is 0.423 e. The van der Waals surface area contributed by atoms with Crippen LogP contribution in [0.4, 0.5) is 0 Å². The highest BCUT2D eigenvalue weighted by atomic mass is 127. The molecule has 0 unspecified atom stereocenters. The third-order valence-corrected chi connectivity index (χ3v) is 4.12. The van der Waals surface area contributed by atoms with Gasteiger partial charge in [-0.1, -0.05) is 25.3 Å². The molecule has 25 heavy (non-hydrogen) atoms. The first-order valence-electron chi connectivity index (χ1n) is 7.43. The van der Waals surface area contributed by atoms with E-state index in [0.29, 0.717) is 22.6 Å². The van der Waals surface area contributed by atoms with Crippen molar-refractivity contribution in [2.75, 3.05) is 0 Å². The molecule has 2 aromatic rings. The Morgan fingerprint density at radius 1 is 0.840 bits per heavy atom. The minimum absolute atomic E-state index is 0.346. The van der Waals surface area contributed by atoms with E-state index in [0.717, 1.165) is 14.7 Å². The third kappa shape index (κ3) is 5.03. The lowest BCUT2D eigenvalue weighted by atomic mass is 10.1. The molecule has 0 radical (unpaired) electrons. The van der Waals surface area contributed by atoms with Crippen molar-refractivity contribution < 1.29 is 19.1 Å². The molecular weight excluding hydrogens is 431 g/mol. The average Bonchev–Trinajstić information content (AvgIpc) is 2.55. The Morgan fingerprint density at radius 3 is 1.80 bits per heavy atom. The molecule has 0 saturated carbocycles. The Kier molecular flexibility index (Phi) is 6.14. The number of esters is 2. The molecule has 0 atom stereocenters. The van der Waals surface area contributed by atoms with Crippen LogP contribution in [0, 0.1) is 3.57 Å². The molecule has 4 nitrogen and oxygen atoms in total. The summed E-state index contributed by atoms with van der Waals surface area (Å²) in [6.45, 7) is 10.3. The predicted molar refractivity (Wildman–Crippen MR) is 105 cm³/mol. The maximum atomic E-state index is 11.6. The third-order valence-electron chi connectivity index (χ3n) is 3.22. The number of halogens is 1. The molecule has 0 aromatic heterocycles. The molecule has 0 saturated heterocycles. The van der Waals surface area contributed by atoms with Gasteiger partial charge in [0.2, 0.25) is 0 Å². The number of carbonyl (C=O) groups excluding carboxylic acids is 2. The molecular formula is C20H17IO4. The van der Waals surface area contributed by atoms with Gasteiger partial charge in [-0.15, -0.1) is 0 Å². The van der Waals surface area contributed by atoms with Crippen molar-refractivity contribution in [2.45, 2.75) is 13.8 Å². The van der Waals surface area contributed by atoms with E-state index in [9.17, 15) is 9.59 Å². The second-order valence-corrected chi connectivity index (χ2v) is 6.67. The molecule has 2 rings (SSSR count). The van der Waals surface area contributed by atoms with Crippen LogP contribution in [0.3, 0.4) is 0 Å². The van der Waals surface area contributed by atoms with Gasteiger partial charge >= 0.3 is 11.9 Å². The van der Waals surface area contributed by atoms with E-state index < -0.39 is 11.9 Å². The molecule has 0 amide bonds. The zero-order chi connectivity index (χ0) is 18.6. The summed E-state index contributed by atoms with van der Waals surface area (Å²) in [5.74, 6) is 0.0187. The minimum Gasteiger partial charge on any atom is -0.423 e. The van der Waals surface area contributed by atoms with E-state index in [2.05, 4.69) is 35.7 Å². The first-order chi connectivity index (χ1) is 11.8. The van der Waals surface area contributed by atoms with Crippen LogP contribution in [-0.4, -0.2) is 11.9 Å². The first kappa shape index (κ1) is 18.9. The number of hydrogen-bond donors (Lipinski definition) is 0. The summed E-state index contributed by atoms with van der Waals surface area (Å²) < 4.78 is 11.3. The molecule has 0 aliphatic carbocycles. The van der Waals surface area contributed by atoms with Crippen molar-refractivity contribution >= 4 is 34.5 Å². The summed E-state index contributed by atoms with van der Waals surface area (Å²) in [7, 11) is 0. The lowest BCUT2D eigenvalue weighted by molar-refractivity contribution is -0.130. The molecule has 5 heteroatoms.